The summed E-state index contributed by atoms with van der Waals surface area (Å²) in [7, 11) is 0. The number of hydrogen-bond donors (Lipinski definition) is 2. The molecule has 0 amide bonds. The van der Waals surface area contributed by atoms with Gasteiger partial charge in [0.2, 0.25) is 0 Å². The van der Waals surface area contributed by atoms with E-state index in [0.29, 0.717) is 5.56 Å². The SMILES string of the molecule is Cc1c[nH]c(=O)n(COC(CO)CF)c1=O. The van der Waals surface area contributed by atoms with E-state index in [1.165, 1.54) is 13.1 Å². The number of aromatic nitrogens is 2. The van der Waals surface area contributed by atoms with E-state index in [2.05, 4.69) is 4.98 Å². The average Bonchev–Trinajstić information content (AvgIpc) is 2.29. The smallest absolute Gasteiger partial charge is 0.330 e. The highest BCUT2D eigenvalue weighted by Crippen LogP contribution is 1.93. The van der Waals surface area contributed by atoms with Gasteiger partial charge in [-0.15, -0.1) is 0 Å². The first-order valence-corrected chi connectivity index (χ1v) is 4.67. The Labute approximate surface area is 90.3 Å². The molecule has 0 saturated carbocycles. The first-order valence-electron chi connectivity index (χ1n) is 4.67. The van der Waals surface area contributed by atoms with Gasteiger partial charge in [0, 0.05) is 11.8 Å². The fourth-order valence-corrected chi connectivity index (χ4v) is 1.06. The van der Waals surface area contributed by atoms with Crippen molar-refractivity contribution >= 4 is 0 Å². The summed E-state index contributed by atoms with van der Waals surface area (Å²) in [5.41, 5.74) is -0.783. The minimum atomic E-state index is -1.02. The Morgan fingerprint density at radius 3 is 2.88 bits per heavy atom. The van der Waals surface area contributed by atoms with E-state index in [-0.39, 0.29) is 6.73 Å². The molecule has 0 fully saturated rings. The van der Waals surface area contributed by atoms with Crippen LogP contribution < -0.4 is 11.2 Å². The van der Waals surface area contributed by atoms with Crippen LogP contribution in [0.3, 0.4) is 0 Å². The molecule has 1 rings (SSSR count). The Balaban J connectivity index is 2.86. The number of aromatic amines is 1. The summed E-state index contributed by atoms with van der Waals surface area (Å²) in [6.07, 6.45) is 0.270. The number of alkyl halides is 1. The number of hydrogen-bond acceptors (Lipinski definition) is 4. The molecular weight excluding hydrogens is 219 g/mol. The first-order chi connectivity index (χ1) is 7.60. The van der Waals surface area contributed by atoms with Gasteiger partial charge in [0.05, 0.1) is 6.61 Å². The van der Waals surface area contributed by atoms with Gasteiger partial charge < -0.3 is 14.8 Å². The molecule has 6 nitrogen and oxygen atoms in total. The Kier molecular flexibility index (Phi) is 4.39. The zero-order valence-electron chi connectivity index (χ0n) is 8.77. The Morgan fingerprint density at radius 2 is 2.31 bits per heavy atom. The van der Waals surface area contributed by atoms with Gasteiger partial charge in [0.15, 0.2) is 0 Å². The highest BCUT2D eigenvalue weighted by Gasteiger charge is 2.09. The largest absolute Gasteiger partial charge is 0.394 e. The third kappa shape index (κ3) is 2.77. The van der Waals surface area contributed by atoms with Crippen molar-refractivity contribution in [2.75, 3.05) is 13.3 Å². The molecular formula is C9H13FN2O4. The van der Waals surface area contributed by atoms with Gasteiger partial charge in [0.25, 0.3) is 5.56 Å². The molecule has 0 bridgehead atoms. The molecule has 0 aliphatic carbocycles. The van der Waals surface area contributed by atoms with Crippen molar-refractivity contribution in [2.24, 2.45) is 0 Å². The lowest BCUT2D eigenvalue weighted by atomic mass is 10.4. The van der Waals surface area contributed by atoms with Crippen LogP contribution in [-0.4, -0.2) is 34.0 Å². The van der Waals surface area contributed by atoms with E-state index in [9.17, 15) is 14.0 Å². The van der Waals surface area contributed by atoms with Crippen molar-refractivity contribution in [3.05, 3.63) is 32.6 Å². The van der Waals surface area contributed by atoms with Gasteiger partial charge in [-0.25, -0.2) is 13.8 Å². The van der Waals surface area contributed by atoms with Gasteiger partial charge in [0.1, 0.15) is 19.5 Å². The molecule has 0 spiro atoms. The minimum absolute atomic E-state index is 0.351. The molecule has 1 heterocycles. The Bertz CT molecular complexity index is 450. The third-order valence-corrected chi connectivity index (χ3v) is 2.05. The summed E-state index contributed by atoms with van der Waals surface area (Å²) in [6, 6.07) is 0. The van der Waals surface area contributed by atoms with Crippen LogP contribution in [0.1, 0.15) is 5.56 Å². The molecule has 1 aromatic heterocycles. The van der Waals surface area contributed by atoms with Crippen molar-refractivity contribution in [3.8, 4) is 0 Å². The fourth-order valence-electron chi connectivity index (χ4n) is 1.06. The van der Waals surface area contributed by atoms with Gasteiger partial charge in [-0.05, 0) is 6.92 Å². The maximum Gasteiger partial charge on any atom is 0.330 e. The second kappa shape index (κ2) is 5.57. The second-order valence-corrected chi connectivity index (χ2v) is 3.26. The van der Waals surface area contributed by atoms with Crippen LogP contribution in [-0.2, 0) is 11.5 Å². The highest BCUT2D eigenvalue weighted by atomic mass is 19.1. The maximum absolute atomic E-state index is 12.2. The van der Waals surface area contributed by atoms with Crippen molar-refractivity contribution in [1.82, 2.24) is 9.55 Å². The zero-order valence-corrected chi connectivity index (χ0v) is 8.77. The lowest BCUT2D eigenvalue weighted by Gasteiger charge is -2.12. The van der Waals surface area contributed by atoms with E-state index in [4.69, 9.17) is 9.84 Å². The standard InChI is InChI=1S/C9H13FN2O4/c1-6-3-11-9(15)12(8(6)14)5-16-7(2-10)4-13/h3,7,13H,2,4-5H2,1H3,(H,11,15). The normalized spacial score (nSPS) is 12.7. The molecule has 1 unspecified atom stereocenters. The average molecular weight is 232 g/mol. The monoisotopic (exact) mass is 232 g/mol. The van der Waals surface area contributed by atoms with Crippen LogP contribution in [0.5, 0.6) is 0 Å². The Hall–Kier alpha value is -1.47. The molecule has 0 aliphatic rings. The summed E-state index contributed by atoms with van der Waals surface area (Å²) in [5.74, 6) is 0. The number of nitrogens with one attached hydrogen (secondary N) is 1. The van der Waals surface area contributed by atoms with Crippen LogP contribution in [0.2, 0.25) is 0 Å². The predicted molar refractivity (Wildman–Crippen MR) is 54.0 cm³/mol. The maximum atomic E-state index is 12.2. The quantitative estimate of drug-likeness (QED) is 0.692. The molecule has 7 heteroatoms. The van der Waals surface area contributed by atoms with Gasteiger partial charge >= 0.3 is 5.69 Å². The molecule has 0 saturated heterocycles. The molecule has 16 heavy (non-hydrogen) atoms. The first kappa shape index (κ1) is 12.6. The van der Waals surface area contributed by atoms with E-state index in [1.807, 2.05) is 0 Å². The highest BCUT2D eigenvalue weighted by molar-refractivity contribution is 5.00. The summed E-state index contributed by atoms with van der Waals surface area (Å²) in [4.78, 5) is 25.1. The van der Waals surface area contributed by atoms with Gasteiger partial charge in [-0.1, -0.05) is 0 Å². The summed E-state index contributed by atoms with van der Waals surface area (Å²) in [6.45, 7) is -0.234. The van der Waals surface area contributed by atoms with Crippen molar-refractivity contribution in [1.29, 1.82) is 0 Å². The number of ether oxygens (including phenoxy) is 1. The van der Waals surface area contributed by atoms with Crippen LogP contribution in [0, 0.1) is 6.92 Å². The van der Waals surface area contributed by atoms with Crippen molar-refractivity contribution in [3.63, 3.8) is 0 Å². The summed E-state index contributed by atoms with van der Waals surface area (Å²) < 4.78 is 17.8. The third-order valence-electron chi connectivity index (χ3n) is 2.05. The number of aliphatic hydroxyl groups excluding tert-OH is 1. The van der Waals surface area contributed by atoms with E-state index in [1.54, 1.807) is 0 Å². The second-order valence-electron chi connectivity index (χ2n) is 3.26. The van der Waals surface area contributed by atoms with Crippen LogP contribution >= 0.6 is 0 Å². The number of nitrogens with zero attached hydrogens (tertiary/aromatic N) is 1. The predicted octanol–water partition coefficient (Wildman–Crippen LogP) is -0.850. The lowest BCUT2D eigenvalue weighted by Crippen LogP contribution is -2.38. The zero-order chi connectivity index (χ0) is 12.1. The molecule has 0 aliphatic heterocycles. The van der Waals surface area contributed by atoms with E-state index >= 15 is 0 Å². The number of H-pyrrole nitrogens is 1. The van der Waals surface area contributed by atoms with Gasteiger partial charge in [-0.3, -0.25) is 4.79 Å². The molecule has 2 N–H and O–H groups in total. The molecule has 1 aromatic rings. The topological polar surface area (TPSA) is 84.3 Å². The van der Waals surface area contributed by atoms with Gasteiger partial charge in [-0.2, -0.15) is 0 Å². The number of aliphatic hydroxyl groups is 1. The van der Waals surface area contributed by atoms with E-state index in [0.717, 1.165) is 4.57 Å². The van der Waals surface area contributed by atoms with Crippen LogP contribution in [0.4, 0.5) is 4.39 Å². The molecule has 0 radical (unpaired) electrons. The summed E-state index contributed by atoms with van der Waals surface area (Å²) in [5, 5.41) is 8.66. The minimum Gasteiger partial charge on any atom is -0.394 e. The van der Waals surface area contributed by atoms with Crippen molar-refractivity contribution in [2.45, 2.75) is 19.8 Å². The number of aryl methyl sites for hydroxylation is 1. The van der Waals surface area contributed by atoms with Crippen molar-refractivity contribution < 1.29 is 14.2 Å². The molecule has 1 atom stereocenters. The fraction of sp³-hybridized carbons (Fsp3) is 0.556. The van der Waals surface area contributed by atoms with E-state index < -0.39 is 30.6 Å². The lowest BCUT2D eigenvalue weighted by molar-refractivity contribution is -0.0374. The Morgan fingerprint density at radius 1 is 1.62 bits per heavy atom. The number of halogens is 1. The van der Waals surface area contributed by atoms with Crippen LogP contribution in [0.25, 0.3) is 0 Å². The molecule has 90 valence electrons. The number of rotatable bonds is 5. The molecule has 0 aromatic carbocycles. The summed E-state index contributed by atoms with van der Waals surface area (Å²) >= 11 is 0. The van der Waals surface area contributed by atoms with Crippen LogP contribution in [0.15, 0.2) is 15.8 Å².